The Hall–Kier alpha value is -1.55. The fourth-order valence-corrected chi connectivity index (χ4v) is 2.87. The molecule has 0 aromatic heterocycles. The van der Waals surface area contributed by atoms with Gasteiger partial charge in [-0.25, -0.2) is 0 Å². The molecule has 4 nitrogen and oxygen atoms in total. The minimum atomic E-state index is 0.0784. The van der Waals surface area contributed by atoms with Gasteiger partial charge in [-0.05, 0) is 30.9 Å². The van der Waals surface area contributed by atoms with Gasteiger partial charge in [0.1, 0.15) is 0 Å². The maximum Gasteiger partial charge on any atom is 0.224 e. The maximum atomic E-state index is 12.2. The summed E-state index contributed by atoms with van der Waals surface area (Å²) in [5.41, 5.74) is 7.29. The zero-order valence-electron chi connectivity index (χ0n) is 11.9. The Balaban J connectivity index is 1.49. The summed E-state index contributed by atoms with van der Waals surface area (Å²) < 4.78 is 0. The number of amides is 1. The van der Waals surface area contributed by atoms with Crippen LogP contribution in [-0.2, 0) is 4.79 Å². The van der Waals surface area contributed by atoms with Crippen molar-refractivity contribution in [3.8, 4) is 0 Å². The van der Waals surface area contributed by atoms with E-state index in [0.717, 1.165) is 26.2 Å². The van der Waals surface area contributed by atoms with Gasteiger partial charge < -0.3 is 15.5 Å². The number of hydrogen-bond donors (Lipinski definition) is 1. The van der Waals surface area contributed by atoms with Crippen molar-refractivity contribution in [2.24, 2.45) is 11.7 Å². The summed E-state index contributed by atoms with van der Waals surface area (Å²) in [6.07, 6.45) is 2.93. The molecule has 2 aliphatic rings. The summed E-state index contributed by atoms with van der Waals surface area (Å²) in [4.78, 5) is 16.5. The Bertz CT molecular complexity index is 450. The van der Waals surface area contributed by atoms with Crippen molar-refractivity contribution in [2.75, 3.05) is 31.1 Å². The zero-order chi connectivity index (χ0) is 13.9. The van der Waals surface area contributed by atoms with E-state index in [9.17, 15) is 4.79 Å². The first-order valence-corrected chi connectivity index (χ1v) is 7.57. The third-order valence-electron chi connectivity index (χ3n) is 4.39. The van der Waals surface area contributed by atoms with Crippen LogP contribution in [0.15, 0.2) is 30.3 Å². The Labute approximate surface area is 120 Å². The normalized spacial score (nSPS) is 20.9. The van der Waals surface area contributed by atoms with Crippen LogP contribution in [-0.4, -0.2) is 43.0 Å². The predicted octanol–water partition coefficient (Wildman–Crippen LogP) is 1.46. The largest absolute Gasteiger partial charge is 0.368 e. The summed E-state index contributed by atoms with van der Waals surface area (Å²) in [6, 6.07) is 10.5. The summed E-state index contributed by atoms with van der Waals surface area (Å²) in [5, 5.41) is 0. The van der Waals surface area contributed by atoms with E-state index in [0.29, 0.717) is 12.3 Å². The third-order valence-corrected chi connectivity index (χ3v) is 4.39. The Morgan fingerprint density at radius 2 is 1.80 bits per heavy atom. The van der Waals surface area contributed by atoms with Crippen molar-refractivity contribution in [2.45, 2.75) is 25.3 Å². The van der Waals surface area contributed by atoms with E-state index in [-0.39, 0.29) is 11.9 Å². The number of carbonyl (C=O) groups is 1. The van der Waals surface area contributed by atoms with E-state index in [4.69, 9.17) is 5.73 Å². The molecule has 1 aliphatic heterocycles. The fraction of sp³-hybridized carbons (Fsp3) is 0.562. The average molecular weight is 273 g/mol. The summed E-state index contributed by atoms with van der Waals surface area (Å²) in [6.45, 7) is 3.44. The second-order valence-electron chi connectivity index (χ2n) is 5.91. The fourth-order valence-electron chi connectivity index (χ4n) is 2.87. The number of piperazine rings is 1. The van der Waals surface area contributed by atoms with Gasteiger partial charge in [-0.15, -0.1) is 0 Å². The highest BCUT2D eigenvalue weighted by Crippen LogP contribution is 2.33. The molecule has 108 valence electrons. The van der Waals surface area contributed by atoms with Crippen LogP contribution in [0.2, 0.25) is 0 Å². The van der Waals surface area contributed by atoms with E-state index in [1.807, 2.05) is 11.0 Å². The van der Waals surface area contributed by atoms with E-state index in [1.165, 1.54) is 18.5 Å². The van der Waals surface area contributed by atoms with Crippen LogP contribution in [0, 0.1) is 5.92 Å². The van der Waals surface area contributed by atoms with Crippen LogP contribution in [0.4, 0.5) is 5.69 Å². The number of nitrogens with zero attached hydrogens (tertiary/aromatic N) is 2. The molecule has 2 N–H and O–H groups in total. The molecule has 20 heavy (non-hydrogen) atoms. The number of nitrogens with two attached hydrogens (primary N) is 1. The van der Waals surface area contributed by atoms with Crippen molar-refractivity contribution in [3.63, 3.8) is 0 Å². The van der Waals surface area contributed by atoms with Crippen molar-refractivity contribution < 1.29 is 4.79 Å². The zero-order valence-corrected chi connectivity index (χ0v) is 11.9. The highest BCUT2D eigenvalue weighted by atomic mass is 16.2. The average Bonchev–Trinajstić information content (AvgIpc) is 3.33. The number of para-hydroxylation sites is 1. The first-order valence-electron chi connectivity index (χ1n) is 7.57. The quantitative estimate of drug-likeness (QED) is 0.903. The molecule has 4 heteroatoms. The van der Waals surface area contributed by atoms with Gasteiger partial charge in [0.25, 0.3) is 0 Å². The molecule has 1 unspecified atom stereocenters. The second-order valence-corrected chi connectivity index (χ2v) is 5.91. The van der Waals surface area contributed by atoms with Gasteiger partial charge in [0.05, 0.1) is 0 Å². The number of anilines is 1. The molecule has 1 atom stereocenters. The summed E-state index contributed by atoms with van der Waals surface area (Å²) in [7, 11) is 0. The number of rotatable bonds is 4. The second kappa shape index (κ2) is 5.83. The van der Waals surface area contributed by atoms with Gasteiger partial charge in [0.2, 0.25) is 5.91 Å². The van der Waals surface area contributed by atoms with Crippen molar-refractivity contribution in [1.29, 1.82) is 0 Å². The van der Waals surface area contributed by atoms with Crippen molar-refractivity contribution in [1.82, 2.24) is 4.90 Å². The molecule has 0 spiro atoms. The van der Waals surface area contributed by atoms with Gasteiger partial charge in [0, 0.05) is 44.3 Å². The van der Waals surface area contributed by atoms with Crippen LogP contribution in [0.5, 0.6) is 0 Å². The number of benzene rings is 1. The first kappa shape index (κ1) is 13.4. The Kier molecular flexibility index (Phi) is 3.92. The van der Waals surface area contributed by atoms with Gasteiger partial charge >= 0.3 is 0 Å². The molecule has 1 aromatic carbocycles. The van der Waals surface area contributed by atoms with E-state index in [2.05, 4.69) is 29.2 Å². The topological polar surface area (TPSA) is 49.6 Å². The summed E-state index contributed by atoms with van der Waals surface area (Å²) >= 11 is 0. The van der Waals surface area contributed by atoms with Gasteiger partial charge in [-0.2, -0.15) is 0 Å². The Morgan fingerprint density at radius 3 is 2.40 bits per heavy atom. The van der Waals surface area contributed by atoms with E-state index in [1.54, 1.807) is 0 Å². The lowest BCUT2D eigenvalue weighted by molar-refractivity contribution is -0.131. The predicted molar refractivity (Wildman–Crippen MR) is 80.6 cm³/mol. The lowest BCUT2D eigenvalue weighted by Gasteiger charge is -2.36. The molecule has 1 amide bonds. The first-order chi connectivity index (χ1) is 9.74. The minimum Gasteiger partial charge on any atom is -0.368 e. The molecule has 3 rings (SSSR count). The lowest BCUT2D eigenvalue weighted by Crippen LogP contribution is -2.49. The summed E-state index contributed by atoms with van der Waals surface area (Å²) in [5.74, 6) is 0.835. The molecule has 1 heterocycles. The molecule has 1 saturated heterocycles. The Morgan fingerprint density at radius 1 is 1.15 bits per heavy atom. The highest BCUT2D eigenvalue weighted by molar-refractivity contribution is 5.77. The third kappa shape index (κ3) is 3.12. The molecule has 1 saturated carbocycles. The minimum absolute atomic E-state index is 0.0784. The van der Waals surface area contributed by atoms with Gasteiger partial charge in [-0.1, -0.05) is 18.2 Å². The number of hydrogen-bond acceptors (Lipinski definition) is 3. The van der Waals surface area contributed by atoms with Gasteiger partial charge in [-0.3, -0.25) is 4.79 Å². The monoisotopic (exact) mass is 273 g/mol. The lowest BCUT2D eigenvalue weighted by atomic mass is 10.1. The molecule has 0 bridgehead atoms. The van der Waals surface area contributed by atoms with Crippen LogP contribution in [0.3, 0.4) is 0 Å². The molecule has 1 aliphatic carbocycles. The van der Waals surface area contributed by atoms with Crippen LogP contribution >= 0.6 is 0 Å². The molecular formula is C16H23N3O. The van der Waals surface area contributed by atoms with Crippen LogP contribution < -0.4 is 10.6 Å². The standard InChI is InChI=1S/C16H23N3O/c17-15(13-6-7-13)12-16(20)19-10-8-18(9-11-19)14-4-2-1-3-5-14/h1-5,13,15H,6-12,17H2. The van der Waals surface area contributed by atoms with Gasteiger partial charge in [0.15, 0.2) is 0 Å². The maximum absolute atomic E-state index is 12.2. The van der Waals surface area contributed by atoms with Crippen molar-refractivity contribution >= 4 is 11.6 Å². The van der Waals surface area contributed by atoms with Crippen LogP contribution in [0.25, 0.3) is 0 Å². The smallest absolute Gasteiger partial charge is 0.224 e. The molecule has 1 aromatic rings. The molecule has 2 fully saturated rings. The highest BCUT2D eigenvalue weighted by Gasteiger charge is 2.31. The molecular weight excluding hydrogens is 250 g/mol. The molecule has 0 radical (unpaired) electrons. The van der Waals surface area contributed by atoms with E-state index < -0.39 is 0 Å². The van der Waals surface area contributed by atoms with Crippen LogP contribution in [0.1, 0.15) is 19.3 Å². The van der Waals surface area contributed by atoms with Crippen molar-refractivity contribution in [3.05, 3.63) is 30.3 Å². The van der Waals surface area contributed by atoms with E-state index >= 15 is 0 Å². The number of carbonyl (C=O) groups excluding carboxylic acids is 1. The SMILES string of the molecule is NC(CC(=O)N1CCN(c2ccccc2)CC1)C1CC1.